The molecule has 0 bridgehead atoms. The molecular weight excluding hydrogens is 358 g/mol. The molecule has 0 radical (unpaired) electrons. The van der Waals surface area contributed by atoms with Crippen LogP contribution in [0.1, 0.15) is 62.0 Å². The summed E-state index contributed by atoms with van der Waals surface area (Å²) in [6, 6.07) is 0.171. The standard InChI is InChI=1S/C20H31N5O3/c1-3-6-16-13(10-22-24-16)20(28)25-11-14-15(12-25)19(14)23-18(27)8-5-7-17(26)21-9-4-2/h10,14-15,19H,3-9,11-12H2,1-2H3,(H,21,26)(H,22,24)(H,23,27)/t14-,15+,19?. The number of hydrogen-bond acceptors (Lipinski definition) is 4. The van der Waals surface area contributed by atoms with Crippen LogP contribution >= 0.6 is 0 Å². The van der Waals surface area contributed by atoms with Gasteiger partial charge in [0, 0.05) is 56.0 Å². The zero-order valence-electron chi connectivity index (χ0n) is 16.8. The Kier molecular flexibility index (Phi) is 6.70. The average Bonchev–Trinajstić information content (AvgIpc) is 3.07. The van der Waals surface area contributed by atoms with E-state index >= 15 is 0 Å². The lowest BCUT2D eigenvalue weighted by Crippen LogP contribution is -2.37. The van der Waals surface area contributed by atoms with Crippen molar-refractivity contribution in [2.45, 2.75) is 58.4 Å². The molecule has 1 aromatic heterocycles. The number of aromatic nitrogens is 2. The summed E-state index contributed by atoms with van der Waals surface area (Å²) in [5.41, 5.74) is 1.57. The predicted molar refractivity (Wildman–Crippen MR) is 105 cm³/mol. The Bertz CT molecular complexity index is 704. The highest BCUT2D eigenvalue weighted by atomic mass is 16.2. The summed E-state index contributed by atoms with van der Waals surface area (Å²) < 4.78 is 0. The van der Waals surface area contributed by atoms with Crippen LogP contribution in [0, 0.1) is 11.8 Å². The van der Waals surface area contributed by atoms with Crippen LogP contribution in [0.3, 0.4) is 0 Å². The fourth-order valence-corrected chi connectivity index (χ4v) is 4.03. The number of piperidine rings is 1. The fraction of sp³-hybridized carbons (Fsp3) is 0.700. The first-order valence-electron chi connectivity index (χ1n) is 10.4. The van der Waals surface area contributed by atoms with Crippen molar-refractivity contribution in [2.75, 3.05) is 19.6 Å². The van der Waals surface area contributed by atoms with E-state index in [0.29, 0.717) is 56.3 Å². The normalized spacial score (nSPS) is 22.6. The lowest BCUT2D eigenvalue weighted by Gasteiger charge is -2.20. The highest BCUT2D eigenvalue weighted by Gasteiger charge is 2.57. The Balaban J connectivity index is 1.37. The third kappa shape index (κ3) is 4.72. The number of carbonyl (C=O) groups is 3. The van der Waals surface area contributed by atoms with Gasteiger partial charge in [-0.2, -0.15) is 5.10 Å². The van der Waals surface area contributed by atoms with E-state index in [4.69, 9.17) is 0 Å². The number of rotatable bonds is 10. The van der Waals surface area contributed by atoms with Crippen LogP contribution in [-0.2, 0) is 16.0 Å². The number of aryl methyl sites for hydroxylation is 1. The predicted octanol–water partition coefficient (Wildman–Crippen LogP) is 1.25. The van der Waals surface area contributed by atoms with Gasteiger partial charge in [0.2, 0.25) is 11.8 Å². The smallest absolute Gasteiger partial charge is 0.257 e. The van der Waals surface area contributed by atoms with Crippen molar-refractivity contribution in [1.82, 2.24) is 25.7 Å². The van der Waals surface area contributed by atoms with E-state index in [2.05, 4.69) is 27.8 Å². The highest BCUT2D eigenvalue weighted by Crippen LogP contribution is 2.45. The van der Waals surface area contributed by atoms with Crippen molar-refractivity contribution in [3.8, 4) is 0 Å². The van der Waals surface area contributed by atoms with Crippen molar-refractivity contribution in [3.05, 3.63) is 17.5 Å². The monoisotopic (exact) mass is 389 g/mol. The Morgan fingerprint density at radius 2 is 1.86 bits per heavy atom. The average molecular weight is 390 g/mol. The van der Waals surface area contributed by atoms with Crippen LogP contribution < -0.4 is 10.6 Å². The van der Waals surface area contributed by atoms with Crippen molar-refractivity contribution >= 4 is 17.7 Å². The summed E-state index contributed by atoms with van der Waals surface area (Å²) in [5.74, 6) is 0.742. The maximum atomic E-state index is 12.7. The molecule has 0 aromatic carbocycles. The van der Waals surface area contributed by atoms with Crippen molar-refractivity contribution in [1.29, 1.82) is 0 Å². The Morgan fingerprint density at radius 3 is 2.54 bits per heavy atom. The Hall–Kier alpha value is -2.38. The highest BCUT2D eigenvalue weighted by molar-refractivity contribution is 5.95. The minimum absolute atomic E-state index is 0.000588. The van der Waals surface area contributed by atoms with Gasteiger partial charge >= 0.3 is 0 Å². The van der Waals surface area contributed by atoms with Crippen LogP contribution in [0.25, 0.3) is 0 Å². The van der Waals surface area contributed by atoms with E-state index in [-0.39, 0.29) is 23.8 Å². The summed E-state index contributed by atoms with van der Waals surface area (Å²) in [6.07, 6.45) is 5.63. The molecule has 154 valence electrons. The third-order valence-corrected chi connectivity index (χ3v) is 5.64. The largest absolute Gasteiger partial charge is 0.356 e. The first kappa shape index (κ1) is 20.4. The minimum atomic E-state index is 0.000588. The van der Waals surface area contributed by atoms with E-state index in [1.165, 1.54) is 0 Å². The molecule has 3 rings (SSSR count). The third-order valence-electron chi connectivity index (χ3n) is 5.64. The molecule has 1 saturated carbocycles. The number of nitrogens with one attached hydrogen (secondary N) is 3. The quantitative estimate of drug-likeness (QED) is 0.560. The van der Waals surface area contributed by atoms with Crippen molar-refractivity contribution in [3.63, 3.8) is 0 Å². The molecule has 8 heteroatoms. The summed E-state index contributed by atoms with van der Waals surface area (Å²) in [6.45, 7) is 6.14. The molecule has 2 aliphatic rings. The second-order valence-corrected chi connectivity index (χ2v) is 7.85. The minimum Gasteiger partial charge on any atom is -0.356 e. The molecule has 1 saturated heterocycles. The van der Waals surface area contributed by atoms with Gasteiger partial charge in [-0.05, 0) is 19.3 Å². The van der Waals surface area contributed by atoms with E-state index in [9.17, 15) is 14.4 Å². The maximum Gasteiger partial charge on any atom is 0.257 e. The number of aromatic amines is 1. The van der Waals surface area contributed by atoms with Gasteiger partial charge in [0.15, 0.2) is 0 Å². The van der Waals surface area contributed by atoms with Gasteiger partial charge in [-0.1, -0.05) is 20.3 Å². The van der Waals surface area contributed by atoms with Crippen LogP contribution in [0.2, 0.25) is 0 Å². The van der Waals surface area contributed by atoms with E-state index in [1.54, 1.807) is 6.20 Å². The zero-order chi connectivity index (χ0) is 20.1. The number of H-pyrrole nitrogens is 1. The molecule has 0 spiro atoms. The molecule has 3 atom stereocenters. The van der Waals surface area contributed by atoms with E-state index in [0.717, 1.165) is 25.0 Å². The summed E-state index contributed by atoms with van der Waals surface area (Å²) in [4.78, 5) is 38.3. The molecule has 1 unspecified atom stereocenters. The van der Waals surface area contributed by atoms with Gasteiger partial charge in [0.25, 0.3) is 5.91 Å². The van der Waals surface area contributed by atoms with Crippen LogP contribution in [0.4, 0.5) is 0 Å². The first-order valence-corrected chi connectivity index (χ1v) is 10.4. The second kappa shape index (κ2) is 9.21. The number of nitrogens with zero attached hydrogens (tertiary/aromatic N) is 2. The number of amides is 3. The van der Waals surface area contributed by atoms with Gasteiger partial charge in [-0.25, -0.2) is 0 Å². The molecule has 1 aromatic rings. The van der Waals surface area contributed by atoms with Gasteiger partial charge < -0.3 is 15.5 Å². The van der Waals surface area contributed by atoms with E-state index < -0.39 is 0 Å². The van der Waals surface area contributed by atoms with Gasteiger partial charge in [0.05, 0.1) is 11.8 Å². The lowest BCUT2D eigenvalue weighted by molar-refractivity contribution is -0.122. The number of carbonyl (C=O) groups excluding carboxylic acids is 3. The van der Waals surface area contributed by atoms with Crippen molar-refractivity contribution in [2.24, 2.45) is 11.8 Å². The molecule has 28 heavy (non-hydrogen) atoms. The second-order valence-electron chi connectivity index (χ2n) is 7.85. The van der Waals surface area contributed by atoms with E-state index in [1.807, 2.05) is 11.8 Å². The molecular formula is C20H31N5O3. The SMILES string of the molecule is CCCNC(=O)CCCC(=O)NC1[C@H]2CN(C(=O)c3cn[nH]c3CCC)C[C@@H]12. The molecule has 2 heterocycles. The topological polar surface area (TPSA) is 107 Å². The van der Waals surface area contributed by atoms with Gasteiger partial charge in [-0.3, -0.25) is 19.5 Å². The molecule has 1 aliphatic carbocycles. The maximum absolute atomic E-state index is 12.7. The molecule has 3 amide bonds. The molecule has 1 aliphatic heterocycles. The summed E-state index contributed by atoms with van der Waals surface area (Å²) in [5, 5.41) is 12.8. The lowest BCUT2D eigenvalue weighted by atomic mass is 10.1. The van der Waals surface area contributed by atoms with Crippen LogP contribution in [0.15, 0.2) is 6.20 Å². The Labute approximate surface area is 165 Å². The first-order chi connectivity index (χ1) is 13.5. The number of hydrogen-bond donors (Lipinski definition) is 3. The van der Waals surface area contributed by atoms with Gasteiger partial charge in [-0.15, -0.1) is 0 Å². The fourth-order valence-electron chi connectivity index (χ4n) is 4.03. The zero-order valence-corrected chi connectivity index (χ0v) is 16.8. The molecule has 2 fully saturated rings. The molecule has 3 N–H and O–H groups in total. The Morgan fingerprint density at radius 1 is 1.14 bits per heavy atom. The van der Waals surface area contributed by atoms with Crippen LogP contribution in [0.5, 0.6) is 0 Å². The van der Waals surface area contributed by atoms with Crippen LogP contribution in [-0.4, -0.2) is 58.5 Å². The number of likely N-dealkylation sites (tertiary alicyclic amines) is 1. The summed E-state index contributed by atoms with van der Waals surface area (Å²) >= 11 is 0. The number of fused-ring (bicyclic) bond motifs is 1. The summed E-state index contributed by atoms with van der Waals surface area (Å²) in [7, 11) is 0. The molecule has 8 nitrogen and oxygen atoms in total. The van der Waals surface area contributed by atoms with Gasteiger partial charge in [0.1, 0.15) is 0 Å². The van der Waals surface area contributed by atoms with Crippen molar-refractivity contribution < 1.29 is 14.4 Å².